The number of hydrogen-bond acceptors (Lipinski definition) is 6. The van der Waals surface area contributed by atoms with Gasteiger partial charge >= 0.3 is 0 Å². The highest BCUT2D eigenvalue weighted by atomic mass is 32.1. The summed E-state index contributed by atoms with van der Waals surface area (Å²) < 4.78 is 2.41. The average molecular weight is 527 g/mol. The SMILES string of the molecule is CC(=O)Nc1ccc([C@H](CCN2[C@H]3CC[C@H]2CC(n2c(C)nnc2C(C)C)C3)NC(=O)C2CCCC2)s1. The van der Waals surface area contributed by atoms with Gasteiger partial charge in [-0.2, -0.15) is 0 Å². The molecule has 2 saturated heterocycles. The van der Waals surface area contributed by atoms with E-state index < -0.39 is 0 Å². The predicted molar refractivity (Wildman–Crippen MR) is 147 cm³/mol. The molecule has 2 N–H and O–H groups in total. The number of nitrogens with zero attached hydrogens (tertiary/aromatic N) is 4. The lowest BCUT2D eigenvalue weighted by atomic mass is 9.95. The van der Waals surface area contributed by atoms with E-state index in [0.717, 1.165) is 73.0 Å². The summed E-state index contributed by atoms with van der Waals surface area (Å²) >= 11 is 1.58. The van der Waals surface area contributed by atoms with E-state index in [0.29, 0.717) is 24.0 Å². The number of anilines is 1. The van der Waals surface area contributed by atoms with Crippen molar-refractivity contribution in [1.82, 2.24) is 25.0 Å². The highest BCUT2D eigenvalue weighted by Crippen LogP contribution is 2.43. The number of aromatic nitrogens is 3. The number of hydrogen-bond donors (Lipinski definition) is 2. The molecule has 0 unspecified atom stereocenters. The van der Waals surface area contributed by atoms with Crippen molar-refractivity contribution < 1.29 is 9.59 Å². The van der Waals surface area contributed by atoms with Crippen molar-refractivity contribution in [3.63, 3.8) is 0 Å². The maximum atomic E-state index is 13.1. The molecule has 3 fully saturated rings. The molecule has 4 heterocycles. The standard InChI is InChI=1S/C28H42N6O2S/c1-17(2)27-32-31-18(3)34(27)23-15-21-9-10-22(16-23)33(21)14-13-24(30-28(36)20-7-5-6-8-20)25-11-12-26(37-25)29-19(4)35/h11-12,17,20-24H,5-10,13-16H2,1-4H3,(H,29,35)(H,30,36)/t21-,22-,24-/m0/s1. The molecule has 3 aliphatic rings. The van der Waals surface area contributed by atoms with Gasteiger partial charge in [0.2, 0.25) is 11.8 Å². The zero-order valence-electron chi connectivity index (χ0n) is 22.7. The number of carbonyl (C=O) groups is 2. The monoisotopic (exact) mass is 526 g/mol. The second kappa shape index (κ2) is 11.2. The minimum absolute atomic E-state index is 0.0228. The summed E-state index contributed by atoms with van der Waals surface area (Å²) in [6.45, 7) is 8.99. The quantitative estimate of drug-likeness (QED) is 0.460. The smallest absolute Gasteiger partial charge is 0.223 e. The summed E-state index contributed by atoms with van der Waals surface area (Å²) in [5.41, 5.74) is 0. The molecular formula is C28H42N6O2S. The number of thiophene rings is 1. The number of rotatable bonds is 9. The van der Waals surface area contributed by atoms with Crippen LogP contribution in [0.1, 0.15) is 113 Å². The van der Waals surface area contributed by atoms with E-state index in [-0.39, 0.29) is 23.8 Å². The summed E-state index contributed by atoms with van der Waals surface area (Å²) in [5.74, 6) is 2.79. The Balaban J connectivity index is 1.27. The molecule has 5 rings (SSSR count). The number of aryl methyl sites for hydroxylation is 1. The molecule has 1 saturated carbocycles. The Morgan fingerprint density at radius 2 is 1.76 bits per heavy atom. The third-order valence-corrected chi connectivity index (χ3v) is 9.74. The van der Waals surface area contributed by atoms with Crippen LogP contribution in [0, 0.1) is 12.8 Å². The zero-order chi connectivity index (χ0) is 26.1. The van der Waals surface area contributed by atoms with Crippen LogP contribution < -0.4 is 10.6 Å². The summed E-state index contributed by atoms with van der Waals surface area (Å²) in [6.07, 6.45) is 9.94. The highest BCUT2D eigenvalue weighted by Gasteiger charge is 2.42. The molecule has 2 aromatic heterocycles. The highest BCUT2D eigenvalue weighted by molar-refractivity contribution is 7.16. The van der Waals surface area contributed by atoms with Crippen LogP contribution in [0.2, 0.25) is 0 Å². The van der Waals surface area contributed by atoms with Crippen LogP contribution in [0.15, 0.2) is 12.1 Å². The average Bonchev–Trinajstić information content (AvgIpc) is 3.64. The van der Waals surface area contributed by atoms with Gasteiger partial charge in [-0.15, -0.1) is 21.5 Å². The van der Waals surface area contributed by atoms with Gasteiger partial charge in [0.05, 0.1) is 11.0 Å². The lowest BCUT2D eigenvalue weighted by Gasteiger charge is -2.40. The van der Waals surface area contributed by atoms with Gasteiger partial charge in [-0.05, 0) is 64.0 Å². The molecule has 2 amide bonds. The van der Waals surface area contributed by atoms with Gasteiger partial charge in [-0.25, -0.2) is 0 Å². The Hall–Kier alpha value is -2.26. The van der Waals surface area contributed by atoms with Crippen LogP contribution in [0.25, 0.3) is 0 Å². The molecule has 1 aliphatic carbocycles. The Morgan fingerprint density at radius 1 is 1.05 bits per heavy atom. The summed E-state index contributed by atoms with van der Waals surface area (Å²) in [4.78, 5) is 28.5. The number of carbonyl (C=O) groups excluding carboxylic acids is 2. The van der Waals surface area contributed by atoms with Crippen molar-refractivity contribution in [3.8, 4) is 0 Å². The molecular weight excluding hydrogens is 484 g/mol. The fourth-order valence-corrected chi connectivity index (χ4v) is 7.91. The minimum Gasteiger partial charge on any atom is -0.348 e. The molecule has 0 aromatic carbocycles. The fraction of sp³-hybridized carbons (Fsp3) is 0.714. The van der Waals surface area contributed by atoms with E-state index in [1.165, 1.54) is 19.8 Å². The molecule has 37 heavy (non-hydrogen) atoms. The Labute approximate surface area is 224 Å². The Kier molecular flexibility index (Phi) is 8.00. The van der Waals surface area contributed by atoms with Gasteiger partial charge in [-0.3, -0.25) is 14.5 Å². The Bertz CT molecular complexity index is 1090. The number of fused-ring (bicyclic) bond motifs is 2. The molecule has 202 valence electrons. The van der Waals surface area contributed by atoms with Gasteiger partial charge in [0.1, 0.15) is 11.6 Å². The molecule has 2 aliphatic heterocycles. The first-order valence-electron chi connectivity index (χ1n) is 14.1. The number of piperidine rings is 1. The van der Waals surface area contributed by atoms with Crippen molar-refractivity contribution >= 4 is 28.2 Å². The van der Waals surface area contributed by atoms with Crippen molar-refractivity contribution in [3.05, 3.63) is 28.7 Å². The molecule has 2 aromatic rings. The van der Waals surface area contributed by atoms with E-state index in [2.05, 4.69) is 57.1 Å². The second-order valence-corrected chi connectivity index (χ2v) is 12.7. The first kappa shape index (κ1) is 26.4. The minimum atomic E-state index is -0.0664. The Morgan fingerprint density at radius 3 is 2.41 bits per heavy atom. The van der Waals surface area contributed by atoms with Crippen LogP contribution >= 0.6 is 11.3 Å². The molecule has 9 heteroatoms. The molecule has 3 atom stereocenters. The number of amides is 2. The summed E-state index contributed by atoms with van der Waals surface area (Å²) in [6, 6.07) is 5.60. The normalized spacial score (nSPS) is 25.1. The van der Waals surface area contributed by atoms with E-state index in [9.17, 15) is 9.59 Å². The predicted octanol–water partition coefficient (Wildman–Crippen LogP) is 5.34. The van der Waals surface area contributed by atoms with E-state index >= 15 is 0 Å². The lowest BCUT2D eigenvalue weighted by molar-refractivity contribution is -0.125. The molecule has 0 radical (unpaired) electrons. The van der Waals surface area contributed by atoms with E-state index in [1.54, 1.807) is 11.3 Å². The number of nitrogens with one attached hydrogen (secondary N) is 2. The molecule has 8 nitrogen and oxygen atoms in total. The summed E-state index contributed by atoms with van der Waals surface area (Å²) in [5, 5.41) is 16.0. The van der Waals surface area contributed by atoms with E-state index in [4.69, 9.17) is 0 Å². The van der Waals surface area contributed by atoms with Gasteiger partial charge < -0.3 is 15.2 Å². The summed E-state index contributed by atoms with van der Waals surface area (Å²) in [7, 11) is 0. The molecule has 2 bridgehead atoms. The van der Waals surface area contributed by atoms with Crippen LogP contribution in [0.5, 0.6) is 0 Å². The third kappa shape index (κ3) is 5.77. The van der Waals surface area contributed by atoms with Crippen LogP contribution in [0.3, 0.4) is 0 Å². The molecule has 0 spiro atoms. The van der Waals surface area contributed by atoms with Gasteiger partial charge in [0.15, 0.2) is 0 Å². The maximum Gasteiger partial charge on any atom is 0.223 e. The van der Waals surface area contributed by atoms with Crippen molar-refractivity contribution in [2.24, 2.45) is 5.92 Å². The lowest BCUT2D eigenvalue weighted by Crippen LogP contribution is -2.45. The van der Waals surface area contributed by atoms with E-state index in [1.807, 2.05) is 6.07 Å². The van der Waals surface area contributed by atoms with Crippen molar-refractivity contribution in [1.29, 1.82) is 0 Å². The van der Waals surface area contributed by atoms with Crippen LogP contribution in [-0.4, -0.2) is 50.1 Å². The topological polar surface area (TPSA) is 92.2 Å². The van der Waals surface area contributed by atoms with Gasteiger partial charge in [0.25, 0.3) is 0 Å². The zero-order valence-corrected chi connectivity index (χ0v) is 23.5. The van der Waals surface area contributed by atoms with Crippen LogP contribution in [-0.2, 0) is 9.59 Å². The largest absolute Gasteiger partial charge is 0.348 e. The van der Waals surface area contributed by atoms with Crippen molar-refractivity contribution in [2.45, 2.75) is 116 Å². The third-order valence-electron chi connectivity index (χ3n) is 8.62. The first-order valence-corrected chi connectivity index (χ1v) is 15.0. The first-order chi connectivity index (χ1) is 17.8. The van der Waals surface area contributed by atoms with Crippen LogP contribution in [0.4, 0.5) is 5.00 Å². The maximum absolute atomic E-state index is 13.1. The van der Waals surface area contributed by atoms with Gasteiger partial charge in [0, 0.05) is 48.3 Å². The van der Waals surface area contributed by atoms with Crippen molar-refractivity contribution in [2.75, 3.05) is 11.9 Å². The second-order valence-electron chi connectivity index (χ2n) is 11.6. The fourth-order valence-electron chi connectivity index (χ4n) is 6.87. The van der Waals surface area contributed by atoms with Gasteiger partial charge in [-0.1, -0.05) is 26.7 Å².